The summed E-state index contributed by atoms with van der Waals surface area (Å²) >= 11 is 0. The molecule has 3 rings (SSSR count). The van der Waals surface area contributed by atoms with E-state index in [4.69, 9.17) is 11.5 Å². The summed E-state index contributed by atoms with van der Waals surface area (Å²) in [6, 6.07) is 0. The normalized spacial score (nSPS) is 14.3. The van der Waals surface area contributed by atoms with Gasteiger partial charge < -0.3 is 16.8 Å². The Hall–Kier alpha value is -2.83. The first kappa shape index (κ1) is 10.3. The smallest absolute Gasteiger partial charge is 0.224 e. The molecule has 2 aromatic rings. The first-order valence-electron chi connectivity index (χ1n) is 5.32. The van der Waals surface area contributed by atoms with E-state index in [0.717, 1.165) is 5.82 Å². The van der Waals surface area contributed by atoms with Gasteiger partial charge in [-0.25, -0.2) is 4.98 Å². The second-order valence-electron chi connectivity index (χ2n) is 3.69. The summed E-state index contributed by atoms with van der Waals surface area (Å²) in [5.41, 5.74) is 12.5. The molecule has 0 spiro atoms. The van der Waals surface area contributed by atoms with E-state index in [1.807, 2.05) is 30.5 Å². The third-order valence-corrected chi connectivity index (χ3v) is 2.51. The minimum atomic E-state index is 0.118. The van der Waals surface area contributed by atoms with Crippen LogP contribution in [0.15, 0.2) is 36.8 Å². The number of hydrogen-bond donors (Lipinski definition) is 3. The number of nitrogens with two attached hydrogens (primary N) is 2. The van der Waals surface area contributed by atoms with Crippen LogP contribution in [0.4, 0.5) is 11.8 Å². The number of fused-ring (bicyclic) bond motifs is 1. The number of imidazole rings is 1. The SMILES string of the molecule is Nc1nc(N)c2c(ncn2C2=CC=CC=CN2)n1. The maximum Gasteiger partial charge on any atom is 0.224 e. The van der Waals surface area contributed by atoms with Crippen LogP contribution in [0.1, 0.15) is 0 Å². The van der Waals surface area contributed by atoms with Crippen LogP contribution in [-0.2, 0) is 0 Å². The quantitative estimate of drug-likeness (QED) is 0.669. The molecule has 0 amide bonds. The minimum absolute atomic E-state index is 0.118. The van der Waals surface area contributed by atoms with Crippen LogP contribution in [0, 0.1) is 0 Å². The zero-order chi connectivity index (χ0) is 12.5. The number of anilines is 2. The second-order valence-corrected chi connectivity index (χ2v) is 3.69. The third-order valence-electron chi connectivity index (χ3n) is 2.51. The third kappa shape index (κ3) is 1.58. The fraction of sp³-hybridized carbons (Fsp3) is 0. The van der Waals surface area contributed by atoms with Crippen LogP contribution < -0.4 is 16.8 Å². The maximum absolute atomic E-state index is 5.87. The minimum Gasteiger partial charge on any atom is -0.382 e. The molecule has 18 heavy (non-hydrogen) atoms. The molecule has 0 unspecified atom stereocenters. The van der Waals surface area contributed by atoms with Crippen molar-refractivity contribution in [1.82, 2.24) is 24.8 Å². The predicted octanol–water partition coefficient (Wildman–Crippen LogP) is 0.462. The monoisotopic (exact) mass is 241 g/mol. The summed E-state index contributed by atoms with van der Waals surface area (Å²) in [6.07, 6.45) is 11.1. The molecule has 0 aliphatic carbocycles. The Kier molecular flexibility index (Phi) is 2.23. The molecule has 1 aliphatic heterocycles. The van der Waals surface area contributed by atoms with Gasteiger partial charge in [0.2, 0.25) is 5.95 Å². The molecular weight excluding hydrogens is 230 g/mol. The molecule has 90 valence electrons. The molecule has 2 aromatic heterocycles. The highest BCUT2D eigenvalue weighted by Gasteiger charge is 2.12. The fourth-order valence-corrected chi connectivity index (χ4v) is 1.75. The van der Waals surface area contributed by atoms with Crippen LogP contribution in [-0.4, -0.2) is 19.5 Å². The van der Waals surface area contributed by atoms with E-state index in [1.54, 1.807) is 10.9 Å². The first-order chi connectivity index (χ1) is 8.75. The second kappa shape index (κ2) is 3.88. The number of allylic oxidation sites excluding steroid dienone is 4. The molecular formula is C11H11N7. The molecule has 0 saturated heterocycles. The van der Waals surface area contributed by atoms with Crippen molar-refractivity contribution in [1.29, 1.82) is 0 Å². The Bertz CT molecular complexity index is 693. The van der Waals surface area contributed by atoms with Gasteiger partial charge in [-0.1, -0.05) is 12.2 Å². The standard InChI is InChI=1S/C11H11N7/c12-9-8-10(17-11(13)16-9)15-6-18(8)7-4-2-1-3-5-14-7/h1-6,14H,(H4,12,13,16,17). The Labute approximate surface area is 103 Å². The fourth-order valence-electron chi connectivity index (χ4n) is 1.75. The van der Waals surface area contributed by atoms with Crippen molar-refractivity contribution in [2.75, 3.05) is 11.5 Å². The summed E-state index contributed by atoms with van der Waals surface area (Å²) < 4.78 is 1.78. The van der Waals surface area contributed by atoms with E-state index < -0.39 is 0 Å². The van der Waals surface area contributed by atoms with Gasteiger partial charge in [0.1, 0.15) is 17.7 Å². The van der Waals surface area contributed by atoms with Crippen LogP contribution in [0.5, 0.6) is 0 Å². The summed E-state index contributed by atoms with van der Waals surface area (Å²) in [5, 5.41) is 3.12. The molecule has 0 radical (unpaired) electrons. The molecule has 0 bridgehead atoms. The number of nitrogens with zero attached hydrogens (tertiary/aromatic N) is 4. The van der Waals surface area contributed by atoms with Gasteiger partial charge in [-0.05, 0) is 12.2 Å². The van der Waals surface area contributed by atoms with Crippen LogP contribution in [0.2, 0.25) is 0 Å². The number of nitrogen functional groups attached to an aromatic ring is 2. The van der Waals surface area contributed by atoms with E-state index in [-0.39, 0.29) is 5.95 Å². The lowest BCUT2D eigenvalue weighted by molar-refractivity contribution is 1.01. The topological polar surface area (TPSA) is 108 Å². The van der Waals surface area contributed by atoms with E-state index in [1.165, 1.54) is 0 Å². The van der Waals surface area contributed by atoms with Crippen molar-refractivity contribution in [3.8, 4) is 0 Å². The number of hydrogen-bond acceptors (Lipinski definition) is 6. The highest BCUT2D eigenvalue weighted by atomic mass is 15.2. The van der Waals surface area contributed by atoms with Crippen molar-refractivity contribution in [2.24, 2.45) is 0 Å². The number of aromatic nitrogens is 4. The van der Waals surface area contributed by atoms with Crippen molar-refractivity contribution in [3.05, 3.63) is 36.8 Å². The first-order valence-corrected chi connectivity index (χ1v) is 5.32. The highest BCUT2D eigenvalue weighted by Crippen LogP contribution is 2.20. The molecule has 7 heteroatoms. The van der Waals surface area contributed by atoms with Gasteiger partial charge in [-0.15, -0.1) is 0 Å². The van der Waals surface area contributed by atoms with Gasteiger partial charge in [-0.3, -0.25) is 4.57 Å². The average molecular weight is 241 g/mol. The van der Waals surface area contributed by atoms with Crippen molar-refractivity contribution in [3.63, 3.8) is 0 Å². The largest absolute Gasteiger partial charge is 0.382 e. The molecule has 0 saturated carbocycles. The van der Waals surface area contributed by atoms with Gasteiger partial charge >= 0.3 is 0 Å². The number of nitrogens with one attached hydrogen (secondary N) is 1. The van der Waals surface area contributed by atoms with Crippen LogP contribution >= 0.6 is 0 Å². The lowest BCUT2D eigenvalue weighted by Crippen LogP contribution is -2.11. The van der Waals surface area contributed by atoms with Crippen molar-refractivity contribution >= 4 is 28.8 Å². The predicted molar refractivity (Wildman–Crippen MR) is 69.8 cm³/mol. The van der Waals surface area contributed by atoms with Gasteiger partial charge in [0.25, 0.3) is 0 Å². The van der Waals surface area contributed by atoms with Gasteiger partial charge in [0.15, 0.2) is 11.5 Å². The van der Waals surface area contributed by atoms with Crippen LogP contribution in [0.25, 0.3) is 17.0 Å². The van der Waals surface area contributed by atoms with Gasteiger partial charge in [0, 0.05) is 6.20 Å². The lowest BCUT2D eigenvalue weighted by atomic mass is 10.4. The van der Waals surface area contributed by atoms with E-state index in [9.17, 15) is 0 Å². The molecule has 1 aliphatic rings. The molecule has 0 fully saturated rings. The Morgan fingerprint density at radius 2 is 2.00 bits per heavy atom. The van der Waals surface area contributed by atoms with E-state index in [2.05, 4.69) is 20.3 Å². The summed E-state index contributed by atoms with van der Waals surface area (Å²) in [5.74, 6) is 1.23. The van der Waals surface area contributed by atoms with E-state index in [0.29, 0.717) is 17.0 Å². The molecule has 3 heterocycles. The maximum atomic E-state index is 5.87. The highest BCUT2D eigenvalue weighted by molar-refractivity contribution is 5.86. The zero-order valence-electron chi connectivity index (χ0n) is 9.41. The van der Waals surface area contributed by atoms with Gasteiger partial charge in [0.05, 0.1) is 0 Å². The van der Waals surface area contributed by atoms with E-state index >= 15 is 0 Å². The Morgan fingerprint density at radius 3 is 2.89 bits per heavy atom. The molecule has 0 aromatic carbocycles. The zero-order valence-corrected chi connectivity index (χ0v) is 9.41. The Balaban J connectivity index is 2.21. The van der Waals surface area contributed by atoms with Crippen molar-refractivity contribution < 1.29 is 0 Å². The molecule has 5 N–H and O–H groups in total. The summed E-state index contributed by atoms with van der Waals surface area (Å²) in [7, 11) is 0. The molecule has 7 nitrogen and oxygen atoms in total. The van der Waals surface area contributed by atoms with Crippen LogP contribution in [0.3, 0.4) is 0 Å². The van der Waals surface area contributed by atoms with Crippen molar-refractivity contribution in [2.45, 2.75) is 0 Å². The number of rotatable bonds is 1. The summed E-state index contributed by atoms with van der Waals surface area (Å²) in [4.78, 5) is 12.2. The Morgan fingerprint density at radius 1 is 1.11 bits per heavy atom. The average Bonchev–Trinajstić information content (AvgIpc) is 2.59. The summed E-state index contributed by atoms with van der Waals surface area (Å²) in [6.45, 7) is 0. The molecule has 0 atom stereocenters. The van der Waals surface area contributed by atoms with Gasteiger partial charge in [-0.2, -0.15) is 9.97 Å². The lowest BCUT2D eigenvalue weighted by Gasteiger charge is -2.09.